The van der Waals surface area contributed by atoms with Crippen molar-refractivity contribution in [3.8, 4) is 11.4 Å². The maximum Gasteiger partial charge on any atom is 0.337 e. The van der Waals surface area contributed by atoms with Crippen LogP contribution in [0.5, 0.6) is 0 Å². The van der Waals surface area contributed by atoms with Gasteiger partial charge in [0.2, 0.25) is 5.95 Å². The Morgan fingerprint density at radius 3 is 2.25 bits per heavy atom. The highest BCUT2D eigenvalue weighted by Gasteiger charge is 2.23. The number of carbonyl (C=O) groups excluding carboxylic acids is 1. The van der Waals surface area contributed by atoms with E-state index >= 15 is 0 Å². The number of fused-ring (bicyclic) bond motifs is 2. The molecule has 1 aliphatic carbocycles. The number of methoxy groups -OCH3 is 1. The third-order valence-corrected chi connectivity index (χ3v) is 10.6. The molecule has 0 bridgehead atoms. The van der Waals surface area contributed by atoms with Crippen LogP contribution in [-0.2, 0) is 24.4 Å². The first-order valence-corrected chi connectivity index (χ1v) is 18.8. The summed E-state index contributed by atoms with van der Waals surface area (Å²) in [5, 5.41) is 3.70. The van der Waals surface area contributed by atoms with E-state index in [4.69, 9.17) is 14.7 Å². The lowest BCUT2D eigenvalue weighted by Crippen LogP contribution is -2.12. The highest BCUT2D eigenvalue weighted by Crippen LogP contribution is 2.36. The van der Waals surface area contributed by atoms with E-state index in [2.05, 4.69) is 130 Å². The van der Waals surface area contributed by atoms with E-state index in [0.717, 1.165) is 71.8 Å². The van der Waals surface area contributed by atoms with Crippen LogP contribution in [0, 0.1) is 5.92 Å². The quantitative estimate of drug-likeness (QED) is 0.0958. The fourth-order valence-electron chi connectivity index (χ4n) is 7.88. The molecule has 2 aromatic heterocycles. The second kappa shape index (κ2) is 15.7. The van der Waals surface area contributed by atoms with Gasteiger partial charge in [0.05, 0.1) is 34.7 Å². The first-order valence-electron chi connectivity index (χ1n) is 18.8. The van der Waals surface area contributed by atoms with Crippen molar-refractivity contribution in [2.75, 3.05) is 12.4 Å². The number of allylic oxidation sites excluding steroid dienone is 2. The van der Waals surface area contributed by atoms with Gasteiger partial charge in [0.1, 0.15) is 5.82 Å². The van der Waals surface area contributed by atoms with Crippen LogP contribution in [0.15, 0.2) is 140 Å². The second-order valence-electron chi connectivity index (χ2n) is 14.0. The van der Waals surface area contributed by atoms with Gasteiger partial charge in [-0.25, -0.2) is 14.8 Å². The summed E-state index contributed by atoms with van der Waals surface area (Å²) >= 11 is 0. The number of nitrogens with zero attached hydrogens (tertiary/aromatic N) is 4. The van der Waals surface area contributed by atoms with Gasteiger partial charge in [-0.1, -0.05) is 109 Å². The molecule has 1 aliphatic rings. The van der Waals surface area contributed by atoms with E-state index in [0.29, 0.717) is 18.0 Å². The Labute approximate surface area is 311 Å². The zero-order valence-electron chi connectivity index (χ0n) is 30.2. The number of aromatic nitrogens is 4. The molecule has 0 radical (unpaired) electrons. The van der Waals surface area contributed by atoms with Crippen LogP contribution in [-0.4, -0.2) is 32.2 Å². The number of imidazole rings is 2. The van der Waals surface area contributed by atoms with Crippen LogP contribution in [0.1, 0.15) is 65.1 Å². The fraction of sp³-hybridized carbons (Fsp3) is 0.239. The summed E-state index contributed by atoms with van der Waals surface area (Å²) in [5.74, 6) is 2.08. The van der Waals surface area contributed by atoms with Gasteiger partial charge in [0, 0.05) is 31.1 Å². The van der Waals surface area contributed by atoms with Crippen LogP contribution in [0.3, 0.4) is 0 Å². The molecule has 1 N–H and O–H groups in total. The zero-order valence-corrected chi connectivity index (χ0v) is 30.2. The van der Waals surface area contributed by atoms with Gasteiger partial charge in [0.25, 0.3) is 0 Å². The van der Waals surface area contributed by atoms with Gasteiger partial charge in [0.15, 0.2) is 0 Å². The third kappa shape index (κ3) is 7.38. The van der Waals surface area contributed by atoms with E-state index in [-0.39, 0.29) is 11.9 Å². The summed E-state index contributed by atoms with van der Waals surface area (Å²) in [7, 11) is 1.42. The van der Waals surface area contributed by atoms with Crippen LogP contribution in [0.2, 0.25) is 0 Å². The Kier molecular flexibility index (Phi) is 10.1. The molecule has 0 spiro atoms. The molecular weight excluding hydrogens is 655 g/mol. The molecule has 266 valence electrons. The molecular formula is C46H45N5O2. The topological polar surface area (TPSA) is 74.0 Å². The number of benzene rings is 5. The number of esters is 1. The minimum absolute atomic E-state index is 0.203. The highest BCUT2D eigenvalue weighted by molar-refractivity contribution is 5.97. The average Bonchev–Trinajstić information content (AvgIpc) is 3.78. The Bertz CT molecular complexity index is 2300. The van der Waals surface area contributed by atoms with Crippen molar-refractivity contribution in [2.24, 2.45) is 5.92 Å². The molecule has 0 amide bonds. The van der Waals surface area contributed by atoms with Gasteiger partial charge in [-0.15, -0.1) is 0 Å². The van der Waals surface area contributed by atoms with E-state index in [1.54, 1.807) is 0 Å². The lowest BCUT2D eigenvalue weighted by Gasteiger charge is -2.21. The Balaban J connectivity index is 1.25. The van der Waals surface area contributed by atoms with E-state index in [9.17, 15) is 4.79 Å². The monoisotopic (exact) mass is 699 g/mol. The average molecular weight is 700 g/mol. The third-order valence-electron chi connectivity index (χ3n) is 10.6. The van der Waals surface area contributed by atoms with Crippen molar-refractivity contribution < 1.29 is 9.53 Å². The van der Waals surface area contributed by atoms with Crippen LogP contribution < -0.4 is 5.32 Å². The van der Waals surface area contributed by atoms with Gasteiger partial charge >= 0.3 is 5.97 Å². The molecule has 7 nitrogen and oxygen atoms in total. The van der Waals surface area contributed by atoms with E-state index < -0.39 is 0 Å². The standard InChI is InChI=1S/C46H45N5O2/c1-53-45(52)37-25-26-42-41(31-37)48-44(50(42)29-27-33-15-6-2-7-16-33)39-23-14-24-40-43(39)51(46(49-40)47-32-34-17-8-3-9-18-34)30-28-38(35-19-10-4-11-20-35)36-21-12-5-13-22-36/h3-6,8-15,17-26,31,33,38H,2,7,16,27-30,32H2,1H3,(H,47,49). The molecule has 7 aromatic rings. The second-order valence-corrected chi connectivity index (χ2v) is 14.0. The molecule has 0 saturated heterocycles. The lowest BCUT2D eigenvalue weighted by atomic mass is 9.88. The lowest BCUT2D eigenvalue weighted by molar-refractivity contribution is 0.0601. The van der Waals surface area contributed by atoms with Crippen molar-refractivity contribution in [3.05, 3.63) is 162 Å². The minimum Gasteiger partial charge on any atom is -0.465 e. The summed E-state index contributed by atoms with van der Waals surface area (Å²) in [6, 6.07) is 44.1. The van der Waals surface area contributed by atoms with Crippen molar-refractivity contribution in [1.29, 1.82) is 0 Å². The number of para-hydroxylation sites is 1. The first-order chi connectivity index (χ1) is 26.2. The summed E-state index contributed by atoms with van der Waals surface area (Å²) in [5.41, 5.74) is 9.04. The van der Waals surface area contributed by atoms with Crippen LogP contribution in [0.25, 0.3) is 33.5 Å². The number of hydrogen-bond donors (Lipinski definition) is 1. The van der Waals surface area contributed by atoms with Gasteiger partial charge < -0.3 is 19.2 Å². The number of ether oxygens (including phenoxy) is 1. The van der Waals surface area contributed by atoms with Gasteiger partial charge in [-0.2, -0.15) is 0 Å². The summed E-state index contributed by atoms with van der Waals surface area (Å²) in [6.07, 6.45) is 10.2. The highest BCUT2D eigenvalue weighted by atomic mass is 16.5. The molecule has 0 aliphatic heterocycles. The maximum absolute atomic E-state index is 12.6. The molecule has 5 aromatic carbocycles. The first kappa shape index (κ1) is 34.2. The van der Waals surface area contributed by atoms with E-state index in [1.807, 2.05) is 24.3 Å². The van der Waals surface area contributed by atoms with Crippen LogP contribution >= 0.6 is 0 Å². The Hall–Kier alpha value is -5.95. The predicted octanol–water partition coefficient (Wildman–Crippen LogP) is 10.4. The summed E-state index contributed by atoms with van der Waals surface area (Å²) in [4.78, 5) is 23.1. The van der Waals surface area contributed by atoms with Crippen LogP contribution in [0.4, 0.5) is 5.95 Å². The largest absolute Gasteiger partial charge is 0.465 e. The summed E-state index contributed by atoms with van der Waals surface area (Å²) < 4.78 is 9.78. The molecule has 7 heteroatoms. The number of nitrogens with one attached hydrogen (secondary N) is 1. The maximum atomic E-state index is 12.6. The molecule has 0 saturated carbocycles. The molecule has 53 heavy (non-hydrogen) atoms. The van der Waals surface area contributed by atoms with Gasteiger partial charge in [-0.05, 0) is 85.0 Å². The SMILES string of the molecule is COC(=O)c1ccc2c(c1)nc(-c1cccc3nc(NCc4ccccc4)n(CCC(c4ccccc4)c4ccccc4)c13)n2CCC1C=CCCC1. The number of anilines is 1. The Morgan fingerprint density at radius 1 is 0.811 bits per heavy atom. The number of hydrogen-bond acceptors (Lipinski definition) is 5. The van der Waals surface area contributed by atoms with Gasteiger partial charge in [-0.3, -0.25) is 0 Å². The molecule has 2 heterocycles. The van der Waals surface area contributed by atoms with Crippen molar-refractivity contribution in [1.82, 2.24) is 19.1 Å². The molecule has 8 rings (SSSR count). The summed E-state index contributed by atoms with van der Waals surface area (Å²) in [6.45, 7) is 2.20. The molecule has 0 fully saturated rings. The molecule has 1 atom stereocenters. The van der Waals surface area contributed by atoms with Crippen molar-refractivity contribution in [3.63, 3.8) is 0 Å². The molecule has 1 unspecified atom stereocenters. The number of aryl methyl sites for hydroxylation is 2. The Morgan fingerprint density at radius 2 is 1.55 bits per heavy atom. The smallest absolute Gasteiger partial charge is 0.337 e. The van der Waals surface area contributed by atoms with E-state index in [1.165, 1.54) is 36.6 Å². The number of rotatable bonds is 13. The predicted molar refractivity (Wildman–Crippen MR) is 214 cm³/mol. The number of carbonyl (C=O) groups is 1. The van der Waals surface area contributed by atoms with Crippen molar-refractivity contribution in [2.45, 2.75) is 57.7 Å². The fourth-order valence-corrected chi connectivity index (χ4v) is 7.88. The minimum atomic E-state index is -0.365. The van der Waals surface area contributed by atoms with Crippen molar-refractivity contribution >= 4 is 34.0 Å². The zero-order chi connectivity index (χ0) is 36.0. The normalized spacial score (nSPS) is 14.3.